The van der Waals surface area contributed by atoms with E-state index in [0.717, 1.165) is 44.4 Å². The van der Waals surface area contributed by atoms with Gasteiger partial charge >= 0.3 is 0 Å². The molecule has 1 fully saturated rings. The van der Waals surface area contributed by atoms with Gasteiger partial charge in [0.1, 0.15) is 5.82 Å². The first-order valence-corrected chi connectivity index (χ1v) is 10.5. The summed E-state index contributed by atoms with van der Waals surface area (Å²) in [5, 5.41) is 8.88. The second-order valence-corrected chi connectivity index (χ2v) is 7.55. The maximum atomic E-state index is 4.74. The smallest absolute Gasteiger partial charge is 0.191 e. The zero-order valence-electron chi connectivity index (χ0n) is 16.0. The number of piperidine rings is 1. The number of guanidine groups is 1. The first-order valence-electron chi connectivity index (χ1n) is 9.59. The lowest BCUT2D eigenvalue weighted by atomic mass is 10.1. The van der Waals surface area contributed by atoms with Crippen LogP contribution in [0.5, 0.6) is 0 Å². The quantitative estimate of drug-likeness (QED) is 0.343. The molecule has 0 radical (unpaired) electrons. The molecule has 1 aliphatic rings. The summed E-state index contributed by atoms with van der Waals surface area (Å²) < 4.78 is 0. The van der Waals surface area contributed by atoms with Gasteiger partial charge in [-0.2, -0.15) is 0 Å². The van der Waals surface area contributed by atoms with Crippen LogP contribution in [0.2, 0.25) is 0 Å². The van der Waals surface area contributed by atoms with Crippen LogP contribution in [-0.2, 0) is 13.0 Å². The Kier molecular flexibility index (Phi) is 9.90. The Hall–Kier alpha value is -1.35. The highest BCUT2D eigenvalue weighted by Gasteiger charge is 2.12. The van der Waals surface area contributed by atoms with Gasteiger partial charge in [-0.15, -0.1) is 35.3 Å². The van der Waals surface area contributed by atoms with Crippen molar-refractivity contribution in [3.8, 4) is 0 Å². The molecule has 2 aromatic rings. The van der Waals surface area contributed by atoms with Crippen molar-refractivity contribution in [3.63, 3.8) is 0 Å². The largest absolute Gasteiger partial charge is 0.357 e. The fourth-order valence-corrected chi connectivity index (χ4v) is 3.83. The SMILES string of the molecule is CCNC(=NCc1ccnc(N2CCCCC2)c1)NCCc1cccs1.I. The molecule has 2 aromatic heterocycles. The molecule has 3 rings (SSSR count). The Bertz CT molecular complexity index is 683. The molecule has 1 saturated heterocycles. The normalized spacial score (nSPS) is 14.6. The molecule has 0 spiro atoms. The summed E-state index contributed by atoms with van der Waals surface area (Å²) in [5.74, 6) is 1.97. The number of halogens is 1. The fourth-order valence-electron chi connectivity index (χ4n) is 3.13. The lowest BCUT2D eigenvalue weighted by Gasteiger charge is -2.27. The van der Waals surface area contributed by atoms with Crippen molar-refractivity contribution in [2.45, 2.75) is 39.2 Å². The predicted octanol–water partition coefficient (Wildman–Crippen LogP) is 4.05. The minimum atomic E-state index is 0. The Labute approximate surface area is 183 Å². The maximum absolute atomic E-state index is 4.74. The van der Waals surface area contributed by atoms with E-state index < -0.39 is 0 Å². The van der Waals surface area contributed by atoms with Crippen LogP contribution in [0.3, 0.4) is 0 Å². The summed E-state index contributed by atoms with van der Waals surface area (Å²) in [5.41, 5.74) is 1.20. The number of hydrogen-bond acceptors (Lipinski definition) is 4. The molecule has 148 valence electrons. The van der Waals surface area contributed by atoms with Gasteiger partial charge in [0.05, 0.1) is 6.54 Å². The number of rotatable bonds is 7. The highest BCUT2D eigenvalue weighted by Crippen LogP contribution is 2.18. The molecule has 0 atom stereocenters. The number of pyridine rings is 1. The van der Waals surface area contributed by atoms with Gasteiger partial charge in [0.2, 0.25) is 0 Å². The van der Waals surface area contributed by atoms with Crippen molar-refractivity contribution in [1.29, 1.82) is 0 Å². The number of nitrogens with zero attached hydrogens (tertiary/aromatic N) is 3. The van der Waals surface area contributed by atoms with Crippen LogP contribution in [0.25, 0.3) is 0 Å². The van der Waals surface area contributed by atoms with Crippen LogP contribution < -0.4 is 15.5 Å². The van der Waals surface area contributed by atoms with Gasteiger partial charge in [-0.05, 0) is 61.7 Å². The lowest BCUT2D eigenvalue weighted by molar-refractivity contribution is 0.573. The third-order valence-corrected chi connectivity index (χ3v) is 5.43. The number of nitrogens with one attached hydrogen (secondary N) is 2. The summed E-state index contributed by atoms with van der Waals surface area (Å²) in [6, 6.07) is 8.52. The third kappa shape index (κ3) is 7.29. The molecule has 1 aliphatic heterocycles. The number of hydrogen-bond donors (Lipinski definition) is 2. The van der Waals surface area contributed by atoms with Gasteiger partial charge in [0.15, 0.2) is 5.96 Å². The van der Waals surface area contributed by atoms with Gasteiger partial charge in [-0.1, -0.05) is 6.07 Å². The number of aliphatic imine (C=N–C) groups is 1. The maximum Gasteiger partial charge on any atom is 0.191 e. The fraction of sp³-hybridized carbons (Fsp3) is 0.500. The number of thiophene rings is 1. The van der Waals surface area contributed by atoms with Crippen molar-refractivity contribution in [2.75, 3.05) is 31.1 Å². The highest BCUT2D eigenvalue weighted by molar-refractivity contribution is 14.0. The van der Waals surface area contributed by atoms with Gasteiger partial charge in [-0.25, -0.2) is 9.98 Å². The van der Waals surface area contributed by atoms with Crippen molar-refractivity contribution < 1.29 is 0 Å². The van der Waals surface area contributed by atoms with Gasteiger partial charge in [0.25, 0.3) is 0 Å². The van der Waals surface area contributed by atoms with Gasteiger partial charge in [-0.3, -0.25) is 0 Å². The van der Waals surface area contributed by atoms with Crippen LogP contribution in [0.4, 0.5) is 5.82 Å². The van der Waals surface area contributed by atoms with Crippen molar-refractivity contribution in [2.24, 2.45) is 4.99 Å². The van der Waals surface area contributed by atoms with Gasteiger partial charge < -0.3 is 15.5 Å². The van der Waals surface area contributed by atoms with Gasteiger partial charge in [0, 0.05) is 37.3 Å². The van der Waals surface area contributed by atoms with E-state index in [1.54, 1.807) is 11.3 Å². The van der Waals surface area contributed by atoms with Crippen molar-refractivity contribution in [3.05, 3.63) is 46.3 Å². The van der Waals surface area contributed by atoms with Crippen LogP contribution in [-0.4, -0.2) is 37.1 Å². The second-order valence-electron chi connectivity index (χ2n) is 6.52. The molecule has 0 bridgehead atoms. The average molecular weight is 499 g/mol. The topological polar surface area (TPSA) is 52.6 Å². The first-order chi connectivity index (χ1) is 12.8. The van der Waals surface area contributed by atoms with Crippen molar-refractivity contribution in [1.82, 2.24) is 15.6 Å². The van der Waals surface area contributed by atoms with Crippen LogP contribution >= 0.6 is 35.3 Å². The van der Waals surface area contributed by atoms with E-state index in [1.165, 1.54) is 29.7 Å². The summed E-state index contributed by atoms with van der Waals surface area (Å²) >= 11 is 1.80. The Morgan fingerprint density at radius 3 is 2.81 bits per heavy atom. The standard InChI is InChI=1S/C20H29N5S.HI/c1-2-21-20(23-11-9-18-7-6-14-26-18)24-16-17-8-10-22-19(15-17)25-12-4-3-5-13-25;/h6-8,10,14-15H,2-5,9,11-13,16H2,1H3,(H2,21,23,24);1H. The molecule has 5 nitrogen and oxygen atoms in total. The second kappa shape index (κ2) is 12.2. The van der Waals surface area contributed by atoms with Crippen LogP contribution in [0, 0.1) is 0 Å². The summed E-state index contributed by atoms with van der Waals surface area (Å²) in [6.07, 6.45) is 6.80. The van der Waals surface area contributed by atoms with Crippen molar-refractivity contribution >= 4 is 47.1 Å². The molecule has 0 amide bonds. The molecule has 2 N–H and O–H groups in total. The van der Waals surface area contributed by atoms with E-state index in [0.29, 0.717) is 6.54 Å². The zero-order chi connectivity index (χ0) is 18.0. The van der Waals surface area contributed by atoms with E-state index in [4.69, 9.17) is 4.99 Å². The predicted molar refractivity (Wildman–Crippen MR) is 127 cm³/mol. The molecule has 0 aromatic carbocycles. The zero-order valence-corrected chi connectivity index (χ0v) is 19.1. The molecule has 0 saturated carbocycles. The molecule has 0 aliphatic carbocycles. The van der Waals surface area contributed by atoms with Crippen LogP contribution in [0.15, 0.2) is 40.8 Å². The van der Waals surface area contributed by atoms with E-state index in [1.807, 2.05) is 6.20 Å². The molecule has 7 heteroatoms. The van der Waals surface area contributed by atoms with E-state index >= 15 is 0 Å². The monoisotopic (exact) mass is 499 g/mol. The average Bonchev–Trinajstić information content (AvgIpc) is 3.20. The lowest BCUT2D eigenvalue weighted by Crippen LogP contribution is -2.38. The minimum Gasteiger partial charge on any atom is -0.357 e. The molecular weight excluding hydrogens is 469 g/mol. The van der Waals surface area contributed by atoms with E-state index in [-0.39, 0.29) is 24.0 Å². The Morgan fingerprint density at radius 2 is 2.07 bits per heavy atom. The highest BCUT2D eigenvalue weighted by atomic mass is 127. The molecular formula is C20H30IN5S. The Morgan fingerprint density at radius 1 is 1.22 bits per heavy atom. The summed E-state index contributed by atoms with van der Waals surface area (Å²) in [4.78, 5) is 13.1. The number of anilines is 1. The number of aromatic nitrogens is 1. The summed E-state index contributed by atoms with van der Waals surface area (Å²) in [6.45, 7) is 6.75. The minimum absolute atomic E-state index is 0. The first kappa shape index (κ1) is 21.9. The Balaban J connectivity index is 0.00000261. The molecule has 27 heavy (non-hydrogen) atoms. The van der Waals surface area contributed by atoms with E-state index in [2.05, 4.69) is 57.1 Å². The molecule has 3 heterocycles. The summed E-state index contributed by atoms with van der Waals surface area (Å²) in [7, 11) is 0. The third-order valence-electron chi connectivity index (χ3n) is 4.50. The van der Waals surface area contributed by atoms with E-state index in [9.17, 15) is 0 Å². The molecule has 0 unspecified atom stereocenters. The van der Waals surface area contributed by atoms with Crippen LogP contribution in [0.1, 0.15) is 36.6 Å².